The average molecular weight is 243 g/mol. The molecule has 0 saturated heterocycles. The van der Waals surface area contributed by atoms with Crippen LogP contribution in [0.1, 0.15) is 26.3 Å². The first-order chi connectivity index (χ1) is 8.72. The van der Waals surface area contributed by atoms with Crippen LogP contribution in [-0.4, -0.2) is 17.6 Å². The Kier molecular flexibility index (Phi) is 4.15. The van der Waals surface area contributed by atoms with Crippen LogP contribution in [0.3, 0.4) is 0 Å². The summed E-state index contributed by atoms with van der Waals surface area (Å²) in [5, 5.41) is 9.23. The molecule has 0 bridgehead atoms. The van der Waals surface area contributed by atoms with E-state index in [4.69, 9.17) is 0 Å². The second-order valence-corrected chi connectivity index (χ2v) is 4.74. The Morgan fingerprint density at radius 2 is 1.89 bits per heavy atom. The zero-order chi connectivity index (χ0) is 13.0. The molecule has 2 rings (SSSR count). The first kappa shape index (κ1) is 12.8. The molecule has 0 aliphatic carbocycles. The lowest BCUT2D eigenvalue weighted by molar-refractivity contribution is 0.590. The molecule has 0 unspecified atom stereocenters. The highest BCUT2D eigenvalue weighted by Crippen LogP contribution is 2.24. The number of benzene rings is 1. The third kappa shape index (κ3) is 2.79. The van der Waals surface area contributed by atoms with Crippen molar-refractivity contribution in [3.05, 3.63) is 36.0 Å². The van der Waals surface area contributed by atoms with E-state index in [1.54, 1.807) is 0 Å². The van der Waals surface area contributed by atoms with Gasteiger partial charge in [0.05, 0.1) is 0 Å². The van der Waals surface area contributed by atoms with Crippen molar-refractivity contribution in [2.45, 2.75) is 33.4 Å². The second kappa shape index (κ2) is 5.83. The quantitative estimate of drug-likeness (QED) is 0.847. The van der Waals surface area contributed by atoms with Crippen LogP contribution in [0.25, 0.3) is 10.8 Å². The van der Waals surface area contributed by atoms with Crippen molar-refractivity contribution in [1.29, 1.82) is 0 Å². The number of pyridine rings is 1. The fourth-order valence-electron chi connectivity index (χ4n) is 2.01. The molecule has 18 heavy (non-hydrogen) atoms. The molecule has 1 aromatic heterocycles. The number of anilines is 1. The normalized spacial score (nSPS) is 11.1. The molecule has 1 aromatic carbocycles. The number of hydrogen-bond donors (Lipinski definition) is 2. The van der Waals surface area contributed by atoms with Crippen LogP contribution >= 0.6 is 0 Å². The Bertz CT molecular complexity index is 520. The number of hydrogen-bond acceptors (Lipinski definition) is 3. The lowest BCUT2D eigenvalue weighted by Crippen LogP contribution is -2.22. The van der Waals surface area contributed by atoms with Crippen LogP contribution in [0.15, 0.2) is 30.5 Å². The molecule has 0 atom stereocenters. The van der Waals surface area contributed by atoms with Gasteiger partial charge in [-0.05, 0) is 17.9 Å². The van der Waals surface area contributed by atoms with Crippen LogP contribution < -0.4 is 10.6 Å². The van der Waals surface area contributed by atoms with Gasteiger partial charge < -0.3 is 10.6 Å². The molecule has 2 aromatic rings. The summed E-state index contributed by atoms with van der Waals surface area (Å²) in [6, 6.07) is 8.91. The molecule has 3 nitrogen and oxygen atoms in total. The smallest absolute Gasteiger partial charge is 0.133 e. The van der Waals surface area contributed by atoms with Crippen LogP contribution in [0, 0.1) is 0 Å². The van der Waals surface area contributed by atoms with Crippen LogP contribution in [0.4, 0.5) is 5.82 Å². The molecule has 2 N–H and O–H groups in total. The summed E-state index contributed by atoms with van der Waals surface area (Å²) in [4.78, 5) is 4.52. The molecule has 0 amide bonds. The standard InChI is InChI=1S/C15H21N3/c1-4-16-15-14-8-6-5-7-13(14)12(10-18-15)9-17-11(2)3/h5-8,10-11,17H,4,9H2,1-3H3,(H,16,18). The van der Waals surface area contributed by atoms with Crippen molar-refractivity contribution in [3.63, 3.8) is 0 Å². The Morgan fingerprint density at radius 3 is 2.56 bits per heavy atom. The van der Waals surface area contributed by atoms with Gasteiger partial charge in [-0.1, -0.05) is 38.1 Å². The van der Waals surface area contributed by atoms with E-state index in [9.17, 15) is 0 Å². The van der Waals surface area contributed by atoms with E-state index in [-0.39, 0.29) is 0 Å². The van der Waals surface area contributed by atoms with Gasteiger partial charge in [-0.25, -0.2) is 4.98 Å². The minimum Gasteiger partial charge on any atom is -0.370 e. The van der Waals surface area contributed by atoms with Crippen molar-refractivity contribution < 1.29 is 0 Å². The maximum atomic E-state index is 4.52. The topological polar surface area (TPSA) is 37.0 Å². The Labute approximate surface area is 109 Å². The minimum atomic E-state index is 0.484. The van der Waals surface area contributed by atoms with Crippen molar-refractivity contribution in [2.24, 2.45) is 0 Å². The fraction of sp³-hybridized carbons (Fsp3) is 0.400. The number of nitrogens with one attached hydrogen (secondary N) is 2. The van der Waals surface area contributed by atoms with E-state index >= 15 is 0 Å². The molecule has 0 fully saturated rings. The van der Waals surface area contributed by atoms with E-state index in [1.165, 1.54) is 16.3 Å². The first-order valence-corrected chi connectivity index (χ1v) is 6.56. The SMILES string of the molecule is CCNc1ncc(CNC(C)C)c2ccccc12. The monoisotopic (exact) mass is 243 g/mol. The molecule has 1 heterocycles. The number of nitrogens with zero attached hydrogens (tertiary/aromatic N) is 1. The lowest BCUT2D eigenvalue weighted by Gasteiger charge is -2.13. The third-order valence-electron chi connectivity index (χ3n) is 2.92. The summed E-state index contributed by atoms with van der Waals surface area (Å²) in [5.41, 5.74) is 1.25. The summed E-state index contributed by atoms with van der Waals surface area (Å²) in [7, 11) is 0. The zero-order valence-corrected chi connectivity index (χ0v) is 11.3. The van der Waals surface area contributed by atoms with E-state index < -0.39 is 0 Å². The molecule has 3 heteroatoms. The molecule has 96 valence electrons. The highest BCUT2D eigenvalue weighted by molar-refractivity contribution is 5.93. The van der Waals surface area contributed by atoms with Gasteiger partial charge in [-0.2, -0.15) is 0 Å². The van der Waals surface area contributed by atoms with E-state index in [0.717, 1.165) is 18.9 Å². The summed E-state index contributed by atoms with van der Waals surface area (Å²) in [5.74, 6) is 0.974. The van der Waals surface area contributed by atoms with E-state index in [1.807, 2.05) is 6.20 Å². The molecular formula is C15H21N3. The zero-order valence-electron chi connectivity index (χ0n) is 11.3. The number of fused-ring (bicyclic) bond motifs is 1. The Hall–Kier alpha value is -1.61. The third-order valence-corrected chi connectivity index (χ3v) is 2.92. The van der Waals surface area contributed by atoms with Gasteiger partial charge in [0.15, 0.2) is 0 Å². The van der Waals surface area contributed by atoms with Gasteiger partial charge in [0, 0.05) is 30.7 Å². The second-order valence-electron chi connectivity index (χ2n) is 4.74. The van der Waals surface area contributed by atoms with Gasteiger partial charge in [-0.3, -0.25) is 0 Å². The summed E-state index contributed by atoms with van der Waals surface area (Å²) < 4.78 is 0. The van der Waals surface area contributed by atoms with Gasteiger partial charge in [0.2, 0.25) is 0 Å². The van der Waals surface area contributed by atoms with Gasteiger partial charge in [0.1, 0.15) is 5.82 Å². The maximum Gasteiger partial charge on any atom is 0.133 e. The van der Waals surface area contributed by atoms with Crippen molar-refractivity contribution >= 4 is 16.6 Å². The predicted octanol–water partition coefficient (Wildman–Crippen LogP) is 3.16. The summed E-state index contributed by atoms with van der Waals surface area (Å²) >= 11 is 0. The van der Waals surface area contributed by atoms with Gasteiger partial charge in [0.25, 0.3) is 0 Å². The van der Waals surface area contributed by atoms with Crippen molar-refractivity contribution in [1.82, 2.24) is 10.3 Å². The molecule has 0 spiro atoms. The van der Waals surface area contributed by atoms with Crippen molar-refractivity contribution in [3.8, 4) is 0 Å². The molecule has 0 radical (unpaired) electrons. The van der Waals surface area contributed by atoms with Gasteiger partial charge >= 0.3 is 0 Å². The number of aromatic nitrogens is 1. The molecule has 0 aliphatic rings. The molecule has 0 aliphatic heterocycles. The summed E-state index contributed by atoms with van der Waals surface area (Å²) in [6.07, 6.45) is 1.97. The Morgan fingerprint density at radius 1 is 1.17 bits per heavy atom. The molecule has 0 saturated carbocycles. The number of rotatable bonds is 5. The highest BCUT2D eigenvalue weighted by Gasteiger charge is 2.06. The van der Waals surface area contributed by atoms with Gasteiger partial charge in [-0.15, -0.1) is 0 Å². The predicted molar refractivity (Wildman–Crippen MR) is 77.9 cm³/mol. The Balaban J connectivity index is 2.40. The largest absolute Gasteiger partial charge is 0.370 e. The van der Waals surface area contributed by atoms with Crippen LogP contribution in [-0.2, 0) is 6.54 Å². The lowest BCUT2D eigenvalue weighted by atomic mass is 10.1. The van der Waals surface area contributed by atoms with Crippen molar-refractivity contribution in [2.75, 3.05) is 11.9 Å². The maximum absolute atomic E-state index is 4.52. The van der Waals surface area contributed by atoms with E-state index in [0.29, 0.717) is 6.04 Å². The summed E-state index contributed by atoms with van der Waals surface area (Å²) in [6.45, 7) is 8.15. The van der Waals surface area contributed by atoms with Crippen LogP contribution in [0.5, 0.6) is 0 Å². The van der Waals surface area contributed by atoms with E-state index in [2.05, 4.69) is 60.7 Å². The minimum absolute atomic E-state index is 0.484. The fourth-order valence-corrected chi connectivity index (χ4v) is 2.01. The first-order valence-electron chi connectivity index (χ1n) is 6.56. The van der Waals surface area contributed by atoms with Crippen LogP contribution in [0.2, 0.25) is 0 Å². The highest BCUT2D eigenvalue weighted by atomic mass is 15.0. The molecular weight excluding hydrogens is 222 g/mol. The average Bonchev–Trinajstić information content (AvgIpc) is 2.38.